The summed E-state index contributed by atoms with van der Waals surface area (Å²) in [4.78, 5) is 15.9. The number of amides is 1. The molecule has 154 valence electrons. The van der Waals surface area contributed by atoms with Crippen molar-refractivity contribution in [1.82, 2.24) is 4.98 Å². The number of aromatic nitrogens is 1. The van der Waals surface area contributed by atoms with Crippen LogP contribution in [0.1, 0.15) is 110 Å². The predicted octanol–water partition coefficient (Wildman–Crippen LogP) is 6.86. The van der Waals surface area contributed by atoms with E-state index >= 15 is 0 Å². The van der Waals surface area contributed by atoms with Gasteiger partial charge in [0.25, 0.3) is 0 Å². The fourth-order valence-electron chi connectivity index (χ4n) is 3.38. The zero-order valence-electron chi connectivity index (χ0n) is 17.5. The fraction of sp³-hybridized carbons (Fsp3) is 0.739. The number of nitrogens with two attached hydrogens (primary N) is 1. The number of carbonyl (C=O) groups excluding carboxylic acids is 1. The quantitative estimate of drug-likeness (QED) is 0.292. The zero-order valence-corrected chi connectivity index (χ0v) is 17.5. The Morgan fingerprint density at radius 1 is 0.815 bits per heavy atom. The number of unbranched alkanes of at least 4 members (excludes halogenated alkanes) is 14. The van der Waals surface area contributed by atoms with E-state index in [4.69, 9.17) is 5.73 Å². The lowest BCUT2D eigenvalue weighted by molar-refractivity contribution is -0.116. The number of rotatable bonds is 17. The van der Waals surface area contributed by atoms with Crippen molar-refractivity contribution in [3.63, 3.8) is 0 Å². The molecule has 1 heterocycles. The van der Waals surface area contributed by atoms with Gasteiger partial charge in [-0.15, -0.1) is 0 Å². The molecule has 0 unspecified atom stereocenters. The first kappa shape index (κ1) is 23.5. The van der Waals surface area contributed by atoms with Gasteiger partial charge in [-0.25, -0.2) is 4.98 Å². The highest BCUT2D eigenvalue weighted by Crippen LogP contribution is 2.14. The van der Waals surface area contributed by atoms with Crippen molar-refractivity contribution in [3.8, 4) is 0 Å². The van der Waals surface area contributed by atoms with Crippen LogP contribution < -0.4 is 11.1 Å². The summed E-state index contributed by atoms with van der Waals surface area (Å²) >= 11 is 0. The van der Waals surface area contributed by atoms with E-state index in [-0.39, 0.29) is 5.91 Å². The molecule has 0 saturated carbocycles. The number of nitrogen functional groups attached to an aromatic ring is 1. The summed E-state index contributed by atoms with van der Waals surface area (Å²) in [7, 11) is 0. The van der Waals surface area contributed by atoms with Crippen molar-refractivity contribution < 1.29 is 4.79 Å². The van der Waals surface area contributed by atoms with Crippen LogP contribution in [-0.4, -0.2) is 10.9 Å². The maximum absolute atomic E-state index is 11.9. The molecule has 0 aliphatic carbocycles. The normalized spacial score (nSPS) is 10.9. The monoisotopic (exact) mass is 375 g/mol. The molecule has 1 amide bonds. The summed E-state index contributed by atoms with van der Waals surface area (Å²) < 4.78 is 0. The molecule has 1 aromatic rings. The third-order valence-electron chi connectivity index (χ3n) is 5.05. The van der Waals surface area contributed by atoms with Gasteiger partial charge in [0.1, 0.15) is 11.6 Å². The van der Waals surface area contributed by atoms with E-state index in [0.29, 0.717) is 18.1 Å². The van der Waals surface area contributed by atoms with Crippen molar-refractivity contribution in [2.45, 2.75) is 110 Å². The van der Waals surface area contributed by atoms with Crippen LogP contribution in [0.4, 0.5) is 11.6 Å². The lowest BCUT2D eigenvalue weighted by Crippen LogP contribution is -2.12. The molecule has 4 nitrogen and oxygen atoms in total. The van der Waals surface area contributed by atoms with Gasteiger partial charge in [-0.2, -0.15) is 0 Å². The summed E-state index contributed by atoms with van der Waals surface area (Å²) in [5.74, 6) is 1.00. The smallest absolute Gasteiger partial charge is 0.225 e. The number of hydrogen-bond donors (Lipinski definition) is 2. The largest absolute Gasteiger partial charge is 0.384 e. The average Bonchev–Trinajstić information content (AvgIpc) is 2.65. The topological polar surface area (TPSA) is 68.0 Å². The van der Waals surface area contributed by atoms with Gasteiger partial charge in [-0.3, -0.25) is 4.79 Å². The Labute approximate surface area is 166 Å². The predicted molar refractivity (Wildman–Crippen MR) is 117 cm³/mol. The molecule has 27 heavy (non-hydrogen) atoms. The van der Waals surface area contributed by atoms with Crippen molar-refractivity contribution in [2.24, 2.45) is 0 Å². The molecule has 1 rings (SSSR count). The SMILES string of the molecule is CCCCCCCCCCCCCCCCCC(=O)Nc1cccc(N)n1. The Bertz CT molecular complexity index is 490. The minimum absolute atomic E-state index is 0.0304. The third-order valence-corrected chi connectivity index (χ3v) is 5.05. The van der Waals surface area contributed by atoms with Gasteiger partial charge >= 0.3 is 0 Å². The third kappa shape index (κ3) is 14.2. The highest BCUT2D eigenvalue weighted by molar-refractivity contribution is 5.89. The maximum Gasteiger partial charge on any atom is 0.225 e. The van der Waals surface area contributed by atoms with Gasteiger partial charge in [-0.1, -0.05) is 103 Å². The number of nitrogens with one attached hydrogen (secondary N) is 1. The van der Waals surface area contributed by atoms with Gasteiger partial charge < -0.3 is 11.1 Å². The van der Waals surface area contributed by atoms with E-state index in [0.717, 1.165) is 12.8 Å². The second-order valence-electron chi connectivity index (χ2n) is 7.70. The number of pyridine rings is 1. The van der Waals surface area contributed by atoms with Crippen LogP contribution in [0.25, 0.3) is 0 Å². The van der Waals surface area contributed by atoms with E-state index < -0.39 is 0 Å². The fourth-order valence-corrected chi connectivity index (χ4v) is 3.38. The lowest BCUT2D eigenvalue weighted by Gasteiger charge is -2.05. The first-order valence-corrected chi connectivity index (χ1v) is 11.2. The molecule has 0 aliphatic heterocycles. The Balaban J connectivity index is 1.82. The zero-order chi connectivity index (χ0) is 19.6. The molecule has 0 aromatic carbocycles. The number of nitrogens with zero attached hydrogens (tertiary/aromatic N) is 1. The van der Waals surface area contributed by atoms with Crippen molar-refractivity contribution in [1.29, 1.82) is 0 Å². The molecule has 0 saturated heterocycles. The van der Waals surface area contributed by atoms with E-state index in [9.17, 15) is 4.79 Å². The highest BCUT2D eigenvalue weighted by atomic mass is 16.1. The Morgan fingerprint density at radius 2 is 1.30 bits per heavy atom. The molecule has 0 spiro atoms. The average molecular weight is 376 g/mol. The first-order chi connectivity index (χ1) is 13.2. The number of hydrogen-bond acceptors (Lipinski definition) is 3. The molecule has 0 radical (unpaired) electrons. The van der Waals surface area contributed by atoms with Crippen molar-refractivity contribution >= 4 is 17.5 Å². The number of anilines is 2. The molecular weight excluding hydrogens is 334 g/mol. The lowest BCUT2D eigenvalue weighted by atomic mass is 10.0. The molecule has 0 fully saturated rings. The van der Waals surface area contributed by atoms with E-state index in [1.54, 1.807) is 18.2 Å². The first-order valence-electron chi connectivity index (χ1n) is 11.2. The van der Waals surface area contributed by atoms with Gasteiger partial charge in [0.15, 0.2) is 0 Å². The van der Waals surface area contributed by atoms with Gasteiger partial charge in [-0.05, 0) is 18.6 Å². The minimum atomic E-state index is 0.0304. The molecule has 0 bridgehead atoms. The summed E-state index contributed by atoms with van der Waals surface area (Å²) in [5.41, 5.74) is 5.61. The van der Waals surface area contributed by atoms with Crippen LogP contribution in [0, 0.1) is 0 Å². The molecular formula is C23H41N3O. The van der Waals surface area contributed by atoms with E-state index in [1.807, 2.05) is 0 Å². The summed E-state index contributed by atoms with van der Waals surface area (Å²) in [6.07, 6.45) is 20.6. The summed E-state index contributed by atoms with van der Waals surface area (Å²) in [6.45, 7) is 2.28. The van der Waals surface area contributed by atoms with Crippen LogP contribution in [-0.2, 0) is 4.79 Å². The second kappa shape index (κ2) is 16.6. The van der Waals surface area contributed by atoms with Gasteiger partial charge in [0, 0.05) is 6.42 Å². The molecule has 0 atom stereocenters. The number of carbonyl (C=O) groups is 1. The minimum Gasteiger partial charge on any atom is -0.384 e. The van der Waals surface area contributed by atoms with Gasteiger partial charge in [0.05, 0.1) is 0 Å². The van der Waals surface area contributed by atoms with Crippen LogP contribution >= 0.6 is 0 Å². The molecule has 0 aliphatic rings. The molecule has 3 N–H and O–H groups in total. The maximum atomic E-state index is 11.9. The van der Waals surface area contributed by atoms with Crippen molar-refractivity contribution in [2.75, 3.05) is 11.1 Å². The second-order valence-corrected chi connectivity index (χ2v) is 7.70. The van der Waals surface area contributed by atoms with Crippen molar-refractivity contribution in [3.05, 3.63) is 18.2 Å². The van der Waals surface area contributed by atoms with Crippen LogP contribution in [0.2, 0.25) is 0 Å². The van der Waals surface area contributed by atoms with Crippen LogP contribution in [0.3, 0.4) is 0 Å². The highest BCUT2D eigenvalue weighted by Gasteiger charge is 2.03. The Kier molecular flexibility index (Phi) is 14.4. The summed E-state index contributed by atoms with van der Waals surface area (Å²) in [5, 5.41) is 2.80. The van der Waals surface area contributed by atoms with Crippen LogP contribution in [0.5, 0.6) is 0 Å². The van der Waals surface area contributed by atoms with E-state index in [1.165, 1.54) is 83.5 Å². The standard InChI is InChI=1S/C23H41N3O/c1-2-3-4-5-6-7-8-9-10-11-12-13-14-15-16-20-23(27)26-22-19-17-18-21(24)25-22/h17-19H,2-16,20H2,1H3,(H3,24,25,26,27). The summed E-state index contributed by atoms with van der Waals surface area (Å²) in [6, 6.07) is 5.27. The Morgan fingerprint density at radius 3 is 1.78 bits per heavy atom. The van der Waals surface area contributed by atoms with Gasteiger partial charge in [0.2, 0.25) is 5.91 Å². The molecule has 1 aromatic heterocycles. The Hall–Kier alpha value is -1.58. The molecule has 4 heteroatoms. The van der Waals surface area contributed by atoms with Crippen LogP contribution in [0.15, 0.2) is 18.2 Å². The van der Waals surface area contributed by atoms with E-state index in [2.05, 4.69) is 17.2 Å².